The average molecular weight is 256 g/mol. The van der Waals surface area contributed by atoms with Crippen molar-refractivity contribution in [3.8, 4) is 0 Å². The molecule has 3 rings (SSSR count). The van der Waals surface area contributed by atoms with Crippen LogP contribution in [0.4, 0.5) is 0 Å². The lowest BCUT2D eigenvalue weighted by molar-refractivity contribution is 0.733. The molecule has 0 fully saturated rings. The summed E-state index contributed by atoms with van der Waals surface area (Å²) in [5.74, 6) is 0. The predicted octanol–water partition coefficient (Wildman–Crippen LogP) is 2.33. The van der Waals surface area contributed by atoms with Crippen molar-refractivity contribution in [1.29, 1.82) is 0 Å². The minimum Gasteiger partial charge on any atom is -0.324 e. The molecule has 1 aromatic carbocycles. The molecule has 1 atom stereocenters. The van der Waals surface area contributed by atoms with Crippen molar-refractivity contribution in [2.75, 3.05) is 0 Å². The number of thiazole rings is 1. The molecule has 2 heterocycles. The normalized spacial score (nSPS) is 12.7. The van der Waals surface area contributed by atoms with Crippen LogP contribution in [0.5, 0.6) is 0 Å². The first-order valence-corrected chi connectivity index (χ1v) is 6.55. The summed E-state index contributed by atoms with van der Waals surface area (Å²) in [4.78, 5) is 13.9. The highest BCUT2D eigenvalue weighted by atomic mass is 32.1. The first kappa shape index (κ1) is 11.3. The van der Waals surface area contributed by atoms with Crippen LogP contribution in [0.2, 0.25) is 0 Å². The van der Waals surface area contributed by atoms with Gasteiger partial charge < -0.3 is 5.73 Å². The van der Waals surface area contributed by atoms with E-state index in [1.807, 2.05) is 29.9 Å². The van der Waals surface area contributed by atoms with E-state index in [0.717, 1.165) is 23.0 Å². The second-order valence-electron chi connectivity index (χ2n) is 4.05. The Kier molecular flexibility index (Phi) is 3.00. The molecule has 0 radical (unpaired) electrons. The summed E-state index contributed by atoms with van der Waals surface area (Å²) in [5.41, 5.74) is 10.9. The standard InChI is InChI=1S/C13H12N4S/c14-11(6-9-7-15-8-18-9)10-2-1-3-12-13(10)17-5-4-16-12/h1-5,7-8,11H,6,14H2. The number of hydrogen-bond acceptors (Lipinski definition) is 5. The lowest BCUT2D eigenvalue weighted by atomic mass is 10.0. The maximum Gasteiger partial charge on any atom is 0.0934 e. The van der Waals surface area contributed by atoms with Gasteiger partial charge in [-0.1, -0.05) is 12.1 Å². The average Bonchev–Trinajstić information content (AvgIpc) is 2.91. The Balaban J connectivity index is 1.98. The molecule has 18 heavy (non-hydrogen) atoms. The fourth-order valence-electron chi connectivity index (χ4n) is 1.98. The van der Waals surface area contributed by atoms with Crippen LogP contribution >= 0.6 is 11.3 Å². The molecule has 0 amide bonds. The number of para-hydroxylation sites is 1. The van der Waals surface area contributed by atoms with Gasteiger partial charge in [0.25, 0.3) is 0 Å². The van der Waals surface area contributed by atoms with Crippen molar-refractivity contribution in [2.45, 2.75) is 12.5 Å². The molecule has 90 valence electrons. The van der Waals surface area contributed by atoms with E-state index in [-0.39, 0.29) is 6.04 Å². The monoisotopic (exact) mass is 256 g/mol. The van der Waals surface area contributed by atoms with Crippen LogP contribution in [0.3, 0.4) is 0 Å². The smallest absolute Gasteiger partial charge is 0.0934 e. The molecular formula is C13H12N4S. The lowest BCUT2D eigenvalue weighted by Crippen LogP contribution is -2.13. The fraction of sp³-hybridized carbons (Fsp3) is 0.154. The van der Waals surface area contributed by atoms with Gasteiger partial charge in [0.05, 0.1) is 16.5 Å². The summed E-state index contributed by atoms with van der Waals surface area (Å²) in [6.07, 6.45) is 6.04. The van der Waals surface area contributed by atoms with Crippen LogP contribution in [0.15, 0.2) is 42.3 Å². The molecule has 0 saturated carbocycles. The summed E-state index contributed by atoms with van der Waals surface area (Å²) in [6.45, 7) is 0. The third-order valence-electron chi connectivity index (χ3n) is 2.83. The van der Waals surface area contributed by atoms with E-state index in [0.29, 0.717) is 0 Å². The summed E-state index contributed by atoms with van der Waals surface area (Å²) in [7, 11) is 0. The number of nitrogens with zero attached hydrogens (tertiary/aromatic N) is 3. The third-order valence-corrected chi connectivity index (χ3v) is 3.64. The third kappa shape index (κ3) is 2.10. The number of aromatic nitrogens is 3. The lowest BCUT2D eigenvalue weighted by Gasteiger charge is -2.12. The van der Waals surface area contributed by atoms with Crippen LogP contribution in [0.1, 0.15) is 16.5 Å². The fourth-order valence-corrected chi connectivity index (χ4v) is 2.64. The van der Waals surface area contributed by atoms with Crippen LogP contribution < -0.4 is 5.73 Å². The second-order valence-corrected chi connectivity index (χ2v) is 5.02. The number of fused-ring (bicyclic) bond motifs is 1. The molecule has 0 aliphatic rings. The van der Waals surface area contributed by atoms with Gasteiger partial charge in [0.15, 0.2) is 0 Å². The van der Waals surface area contributed by atoms with Crippen LogP contribution in [0.25, 0.3) is 11.0 Å². The van der Waals surface area contributed by atoms with E-state index in [4.69, 9.17) is 5.73 Å². The van der Waals surface area contributed by atoms with Gasteiger partial charge in [-0.3, -0.25) is 15.0 Å². The van der Waals surface area contributed by atoms with Gasteiger partial charge in [-0.25, -0.2) is 0 Å². The molecule has 1 unspecified atom stereocenters. The maximum absolute atomic E-state index is 6.26. The minimum atomic E-state index is -0.0779. The Morgan fingerprint density at radius 2 is 2.11 bits per heavy atom. The summed E-state index contributed by atoms with van der Waals surface area (Å²) in [5, 5.41) is 0. The molecule has 3 aromatic rings. The number of hydrogen-bond donors (Lipinski definition) is 1. The maximum atomic E-state index is 6.26. The van der Waals surface area contributed by atoms with Gasteiger partial charge in [-0.05, 0) is 11.6 Å². The summed E-state index contributed by atoms with van der Waals surface area (Å²) in [6, 6.07) is 5.86. The van der Waals surface area contributed by atoms with Gasteiger partial charge in [0, 0.05) is 35.9 Å². The molecule has 2 N–H and O–H groups in total. The zero-order valence-corrected chi connectivity index (χ0v) is 10.5. The van der Waals surface area contributed by atoms with Crippen LogP contribution in [-0.2, 0) is 6.42 Å². The van der Waals surface area contributed by atoms with Gasteiger partial charge in [-0.2, -0.15) is 0 Å². The van der Waals surface area contributed by atoms with Crippen LogP contribution in [-0.4, -0.2) is 15.0 Å². The van der Waals surface area contributed by atoms with Crippen molar-refractivity contribution in [1.82, 2.24) is 15.0 Å². The van der Waals surface area contributed by atoms with E-state index < -0.39 is 0 Å². The van der Waals surface area contributed by atoms with E-state index in [2.05, 4.69) is 15.0 Å². The van der Waals surface area contributed by atoms with Crippen molar-refractivity contribution >= 4 is 22.4 Å². The first-order chi connectivity index (χ1) is 8.84. The molecule has 0 saturated heterocycles. The summed E-state index contributed by atoms with van der Waals surface area (Å²) >= 11 is 1.62. The number of benzene rings is 1. The van der Waals surface area contributed by atoms with E-state index >= 15 is 0 Å². The van der Waals surface area contributed by atoms with E-state index in [1.165, 1.54) is 4.88 Å². The molecule has 0 bridgehead atoms. The highest BCUT2D eigenvalue weighted by molar-refractivity contribution is 7.09. The van der Waals surface area contributed by atoms with Gasteiger partial charge in [0.1, 0.15) is 0 Å². The molecule has 0 aliphatic heterocycles. The molecular weight excluding hydrogens is 244 g/mol. The Morgan fingerprint density at radius 1 is 1.22 bits per heavy atom. The summed E-state index contributed by atoms with van der Waals surface area (Å²) < 4.78 is 0. The number of nitrogens with two attached hydrogens (primary N) is 1. The zero-order valence-electron chi connectivity index (χ0n) is 9.65. The molecule has 0 spiro atoms. The first-order valence-electron chi connectivity index (χ1n) is 5.67. The Hall–Kier alpha value is -1.85. The van der Waals surface area contributed by atoms with Crippen molar-refractivity contribution in [2.24, 2.45) is 5.73 Å². The topological polar surface area (TPSA) is 64.7 Å². The quantitative estimate of drug-likeness (QED) is 0.781. The van der Waals surface area contributed by atoms with Gasteiger partial charge >= 0.3 is 0 Å². The highest BCUT2D eigenvalue weighted by Crippen LogP contribution is 2.23. The molecule has 2 aromatic heterocycles. The van der Waals surface area contributed by atoms with Crippen LogP contribution in [0, 0.1) is 0 Å². The van der Waals surface area contributed by atoms with Crippen molar-refractivity contribution in [3.63, 3.8) is 0 Å². The Labute approximate surface area is 109 Å². The van der Waals surface area contributed by atoms with E-state index in [1.54, 1.807) is 23.7 Å². The van der Waals surface area contributed by atoms with Crippen molar-refractivity contribution < 1.29 is 0 Å². The molecule has 0 aliphatic carbocycles. The Bertz CT molecular complexity index is 646. The van der Waals surface area contributed by atoms with Gasteiger partial charge in [0.2, 0.25) is 0 Å². The molecule has 5 heteroatoms. The zero-order chi connectivity index (χ0) is 12.4. The van der Waals surface area contributed by atoms with E-state index in [9.17, 15) is 0 Å². The number of rotatable bonds is 3. The second kappa shape index (κ2) is 4.80. The predicted molar refractivity (Wildman–Crippen MR) is 72.3 cm³/mol. The molecule has 4 nitrogen and oxygen atoms in total. The van der Waals surface area contributed by atoms with Crippen molar-refractivity contribution in [3.05, 3.63) is 52.7 Å². The minimum absolute atomic E-state index is 0.0779. The largest absolute Gasteiger partial charge is 0.324 e. The van der Waals surface area contributed by atoms with Gasteiger partial charge in [-0.15, -0.1) is 11.3 Å². The SMILES string of the molecule is NC(Cc1cncs1)c1cccc2nccnc12. The Morgan fingerprint density at radius 3 is 2.94 bits per heavy atom. The highest BCUT2D eigenvalue weighted by Gasteiger charge is 2.12.